The second-order valence-corrected chi connectivity index (χ2v) is 3.61. The molecule has 2 unspecified atom stereocenters. The number of rotatable bonds is 2. The summed E-state index contributed by atoms with van der Waals surface area (Å²) in [5.74, 6) is 0. The minimum absolute atomic E-state index is 0.0545. The quantitative estimate of drug-likeness (QED) is 0.669. The summed E-state index contributed by atoms with van der Waals surface area (Å²) in [5, 5.41) is 0. The Morgan fingerprint density at radius 2 is 2.43 bits per heavy atom. The van der Waals surface area contributed by atoms with Gasteiger partial charge in [-0.05, 0) is 31.4 Å². The van der Waals surface area contributed by atoms with E-state index in [2.05, 4.69) is 4.98 Å². The maximum Gasteiger partial charge on any atom is 0.148 e. The van der Waals surface area contributed by atoms with Gasteiger partial charge in [-0.25, -0.2) is 0 Å². The van der Waals surface area contributed by atoms with Crippen LogP contribution in [0.15, 0.2) is 18.5 Å². The minimum atomic E-state index is -0.223. The van der Waals surface area contributed by atoms with Crippen LogP contribution in [-0.4, -0.2) is 17.4 Å². The summed E-state index contributed by atoms with van der Waals surface area (Å²) in [6.45, 7) is 2.04. The predicted octanol–water partition coefficient (Wildman–Crippen LogP) is 1.81. The molecule has 1 aliphatic rings. The molecule has 1 aromatic rings. The predicted molar refractivity (Wildman–Crippen MR) is 51.9 cm³/mol. The second kappa shape index (κ2) is 3.88. The molecular weight excluding hydrogens is 178 g/mol. The molecule has 0 radical (unpaired) electrons. The van der Waals surface area contributed by atoms with Gasteiger partial charge in [-0.2, -0.15) is 0 Å². The van der Waals surface area contributed by atoms with Crippen molar-refractivity contribution in [1.82, 2.24) is 4.98 Å². The zero-order valence-corrected chi connectivity index (χ0v) is 8.14. The lowest BCUT2D eigenvalue weighted by molar-refractivity contribution is -0.117. The van der Waals surface area contributed by atoms with E-state index in [-0.39, 0.29) is 12.2 Å². The van der Waals surface area contributed by atoms with Crippen molar-refractivity contribution >= 4 is 6.29 Å². The number of carbonyl (C=O) groups is 1. The van der Waals surface area contributed by atoms with Gasteiger partial charge < -0.3 is 9.53 Å². The number of aromatic nitrogens is 1. The molecule has 3 heteroatoms. The lowest BCUT2D eigenvalue weighted by atomic mass is 10.0. The van der Waals surface area contributed by atoms with Crippen LogP contribution in [0, 0.1) is 6.92 Å². The fraction of sp³-hybridized carbons (Fsp3) is 0.455. The van der Waals surface area contributed by atoms with Crippen molar-refractivity contribution in [2.75, 3.05) is 0 Å². The van der Waals surface area contributed by atoms with Gasteiger partial charge in [0.1, 0.15) is 12.4 Å². The van der Waals surface area contributed by atoms with E-state index in [0.29, 0.717) is 0 Å². The van der Waals surface area contributed by atoms with Crippen LogP contribution < -0.4 is 0 Å². The molecule has 2 atom stereocenters. The molecular formula is C11H13NO2. The van der Waals surface area contributed by atoms with Crippen molar-refractivity contribution < 1.29 is 9.53 Å². The Hall–Kier alpha value is -1.22. The van der Waals surface area contributed by atoms with Crippen molar-refractivity contribution in [3.63, 3.8) is 0 Å². The summed E-state index contributed by atoms with van der Waals surface area (Å²) in [6.07, 6.45) is 6.04. The normalized spacial score (nSPS) is 26.4. The molecule has 1 aliphatic heterocycles. The van der Waals surface area contributed by atoms with Gasteiger partial charge in [0.2, 0.25) is 0 Å². The highest BCUT2D eigenvalue weighted by atomic mass is 16.5. The fourth-order valence-electron chi connectivity index (χ4n) is 1.80. The van der Waals surface area contributed by atoms with Gasteiger partial charge in [0, 0.05) is 18.0 Å². The zero-order valence-electron chi connectivity index (χ0n) is 8.14. The van der Waals surface area contributed by atoms with Crippen LogP contribution in [0.1, 0.15) is 30.1 Å². The highest BCUT2D eigenvalue weighted by Gasteiger charge is 2.26. The summed E-state index contributed by atoms with van der Waals surface area (Å²) >= 11 is 0. The molecule has 0 spiro atoms. The van der Waals surface area contributed by atoms with Crippen LogP contribution in [0.4, 0.5) is 0 Å². The zero-order chi connectivity index (χ0) is 9.97. The Balaban J connectivity index is 2.17. The molecule has 74 valence electrons. The van der Waals surface area contributed by atoms with Gasteiger partial charge in [0.05, 0.1) is 6.10 Å². The minimum Gasteiger partial charge on any atom is -0.363 e. The highest BCUT2D eigenvalue weighted by molar-refractivity contribution is 5.56. The third kappa shape index (κ3) is 1.68. The number of pyridine rings is 1. The molecule has 2 rings (SSSR count). The van der Waals surface area contributed by atoms with Gasteiger partial charge >= 0.3 is 0 Å². The van der Waals surface area contributed by atoms with Crippen molar-refractivity contribution in [1.29, 1.82) is 0 Å². The second-order valence-electron chi connectivity index (χ2n) is 3.61. The first-order chi connectivity index (χ1) is 6.81. The number of aryl methyl sites for hydroxylation is 1. The number of nitrogens with zero attached hydrogens (tertiary/aromatic N) is 1. The lowest BCUT2D eigenvalue weighted by Crippen LogP contribution is -2.08. The molecule has 0 bridgehead atoms. The van der Waals surface area contributed by atoms with Gasteiger partial charge in [0.15, 0.2) is 0 Å². The first-order valence-electron chi connectivity index (χ1n) is 4.82. The maximum atomic E-state index is 10.5. The first-order valence-corrected chi connectivity index (χ1v) is 4.82. The monoisotopic (exact) mass is 191 g/mol. The third-order valence-corrected chi connectivity index (χ3v) is 2.63. The standard InChI is InChI=1S/C11H13NO2/c1-8-4-5-12-6-10(8)11-3-2-9(7-13)14-11/h4-7,9,11H,2-3H2,1H3. The summed E-state index contributed by atoms with van der Waals surface area (Å²) in [4.78, 5) is 14.6. The van der Waals surface area contributed by atoms with Crippen LogP contribution in [-0.2, 0) is 9.53 Å². The van der Waals surface area contributed by atoms with E-state index in [4.69, 9.17) is 4.74 Å². The largest absolute Gasteiger partial charge is 0.363 e. The molecule has 1 saturated heterocycles. The van der Waals surface area contributed by atoms with Crippen molar-refractivity contribution in [3.05, 3.63) is 29.6 Å². The first kappa shape index (κ1) is 9.34. The molecule has 0 amide bonds. The Morgan fingerprint density at radius 1 is 1.57 bits per heavy atom. The summed E-state index contributed by atoms with van der Waals surface area (Å²) in [6, 6.07) is 1.97. The average molecular weight is 191 g/mol. The van der Waals surface area contributed by atoms with E-state index < -0.39 is 0 Å². The average Bonchev–Trinajstić information content (AvgIpc) is 2.67. The van der Waals surface area contributed by atoms with E-state index in [9.17, 15) is 4.79 Å². The van der Waals surface area contributed by atoms with Gasteiger partial charge in [0.25, 0.3) is 0 Å². The summed E-state index contributed by atoms with van der Waals surface area (Å²) < 4.78 is 5.57. The molecule has 0 N–H and O–H groups in total. The van der Waals surface area contributed by atoms with Crippen LogP contribution in [0.25, 0.3) is 0 Å². The summed E-state index contributed by atoms with van der Waals surface area (Å²) in [7, 11) is 0. The van der Waals surface area contributed by atoms with E-state index >= 15 is 0 Å². The highest BCUT2D eigenvalue weighted by Crippen LogP contribution is 2.32. The number of hydrogen-bond donors (Lipinski definition) is 0. The molecule has 1 fully saturated rings. The van der Waals surface area contributed by atoms with Crippen molar-refractivity contribution in [3.8, 4) is 0 Å². The molecule has 0 aromatic carbocycles. The maximum absolute atomic E-state index is 10.5. The van der Waals surface area contributed by atoms with Crippen LogP contribution in [0.2, 0.25) is 0 Å². The Kier molecular flexibility index (Phi) is 2.59. The van der Waals surface area contributed by atoms with E-state index in [1.165, 1.54) is 5.56 Å². The fourth-order valence-corrected chi connectivity index (χ4v) is 1.80. The Morgan fingerprint density at radius 3 is 3.07 bits per heavy atom. The van der Waals surface area contributed by atoms with E-state index in [0.717, 1.165) is 24.7 Å². The Labute approximate surface area is 83.1 Å². The van der Waals surface area contributed by atoms with Crippen molar-refractivity contribution in [2.45, 2.75) is 32.0 Å². The van der Waals surface area contributed by atoms with Gasteiger partial charge in [-0.1, -0.05) is 0 Å². The molecule has 3 nitrogen and oxygen atoms in total. The number of aldehydes is 1. The molecule has 2 heterocycles. The van der Waals surface area contributed by atoms with Gasteiger partial charge in [-0.15, -0.1) is 0 Å². The van der Waals surface area contributed by atoms with E-state index in [1.54, 1.807) is 6.20 Å². The van der Waals surface area contributed by atoms with Crippen molar-refractivity contribution in [2.24, 2.45) is 0 Å². The lowest BCUT2D eigenvalue weighted by Gasteiger charge is -2.12. The van der Waals surface area contributed by atoms with Crippen LogP contribution in [0.5, 0.6) is 0 Å². The molecule has 0 aliphatic carbocycles. The number of hydrogen-bond acceptors (Lipinski definition) is 3. The molecule has 1 aromatic heterocycles. The van der Waals surface area contributed by atoms with Crippen LogP contribution in [0.3, 0.4) is 0 Å². The third-order valence-electron chi connectivity index (χ3n) is 2.63. The van der Waals surface area contributed by atoms with Crippen LogP contribution >= 0.6 is 0 Å². The van der Waals surface area contributed by atoms with Gasteiger partial charge in [-0.3, -0.25) is 4.98 Å². The molecule has 0 saturated carbocycles. The smallest absolute Gasteiger partial charge is 0.148 e. The van der Waals surface area contributed by atoms with E-state index in [1.807, 2.05) is 19.2 Å². The topological polar surface area (TPSA) is 39.2 Å². The number of ether oxygens (including phenoxy) is 1. The molecule has 14 heavy (non-hydrogen) atoms. The number of carbonyl (C=O) groups excluding carboxylic acids is 1. The SMILES string of the molecule is Cc1ccncc1C1CCC(C=O)O1. The Bertz CT molecular complexity index is 338. The summed E-state index contributed by atoms with van der Waals surface area (Å²) in [5.41, 5.74) is 2.29.